The molecule has 1 saturated heterocycles. The Labute approximate surface area is 92.8 Å². The van der Waals surface area contributed by atoms with Crippen LogP contribution in [-0.4, -0.2) is 29.7 Å². The molecule has 1 aliphatic rings. The fourth-order valence-corrected chi connectivity index (χ4v) is 1.75. The molecule has 0 aliphatic carbocycles. The van der Waals surface area contributed by atoms with E-state index in [-0.39, 0.29) is 11.7 Å². The number of carbonyl (C=O) groups is 1. The van der Waals surface area contributed by atoms with Gasteiger partial charge in [-0.15, -0.1) is 0 Å². The molecule has 1 aliphatic heterocycles. The second-order valence-corrected chi connectivity index (χ2v) is 4.57. The van der Waals surface area contributed by atoms with Crippen molar-refractivity contribution >= 4 is 6.09 Å². The molecule has 0 aromatic carbocycles. The van der Waals surface area contributed by atoms with Crippen molar-refractivity contribution in [1.29, 1.82) is 0 Å². The van der Waals surface area contributed by atoms with Crippen molar-refractivity contribution in [2.45, 2.75) is 58.5 Å². The molecule has 0 aromatic rings. The first-order valence-electron chi connectivity index (χ1n) is 6.09. The minimum absolute atomic E-state index is 0.124. The lowest BCUT2D eigenvalue weighted by Crippen LogP contribution is -2.41. The summed E-state index contributed by atoms with van der Waals surface area (Å²) in [6, 6.07) is 0. The Morgan fingerprint density at radius 1 is 1.20 bits per heavy atom. The molecule has 3 heteroatoms. The predicted molar refractivity (Wildman–Crippen MR) is 60.9 cm³/mol. The van der Waals surface area contributed by atoms with Crippen LogP contribution in [0, 0.1) is 0 Å². The number of piperidine rings is 1. The first kappa shape index (κ1) is 12.3. The topological polar surface area (TPSA) is 29.5 Å². The third-order valence-corrected chi connectivity index (χ3v) is 3.44. The Kier molecular flexibility index (Phi) is 4.43. The summed E-state index contributed by atoms with van der Waals surface area (Å²) in [6.07, 6.45) is 5.10. The van der Waals surface area contributed by atoms with Crippen molar-refractivity contribution in [3.8, 4) is 0 Å². The van der Waals surface area contributed by atoms with E-state index in [0.29, 0.717) is 0 Å². The molecular weight excluding hydrogens is 190 g/mol. The molecule has 0 aromatic heterocycles. The summed E-state index contributed by atoms with van der Waals surface area (Å²) in [6.45, 7) is 7.86. The van der Waals surface area contributed by atoms with Crippen molar-refractivity contribution in [3.63, 3.8) is 0 Å². The monoisotopic (exact) mass is 213 g/mol. The summed E-state index contributed by atoms with van der Waals surface area (Å²) in [7, 11) is 0. The van der Waals surface area contributed by atoms with Crippen LogP contribution in [0.5, 0.6) is 0 Å². The maximum absolute atomic E-state index is 11.8. The highest BCUT2D eigenvalue weighted by molar-refractivity contribution is 5.68. The fraction of sp³-hybridized carbons (Fsp3) is 0.917. The van der Waals surface area contributed by atoms with Crippen LogP contribution in [0.1, 0.15) is 52.9 Å². The van der Waals surface area contributed by atoms with Crippen LogP contribution in [0.15, 0.2) is 0 Å². The number of rotatable bonds is 3. The van der Waals surface area contributed by atoms with Crippen molar-refractivity contribution in [1.82, 2.24) is 4.90 Å². The second-order valence-electron chi connectivity index (χ2n) is 4.57. The summed E-state index contributed by atoms with van der Waals surface area (Å²) in [5, 5.41) is 0. The zero-order valence-corrected chi connectivity index (χ0v) is 10.2. The van der Waals surface area contributed by atoms with Gasteiger partial charge in [0.05, 0.1) is 0 Å². The molecule has 0 unspecified atom stereocenters. The molecule has 0 N–H and O–H groups in total. The molecule has 1 fully saturated rings. The van der Waals surface area contributed by atoms with Crippen LogP contribution in [0.2, 0.25) is 0 Å². The minimum atomic E-state index is -0.283. The maximum atomic E-state index is 11.8. The van der Waals surface area contributed by atoms with Crippen LogP contribution in [0.4, 0.5) is 4.79 Å². The third kappa shape index (κ3) is 3.40. The van der Waals surface area contributed by atoms with E-state index in [1.165, 1.54) is 6.42 Å². The van der Waals surface area contributed by atoms with E-state index in [2.05, 4.69) is 13.8 Å². The number of carbonyl (C=O) groups excluding carboxylic acids is 1. The van der Waals surface area contributed by atoms with Gasteiger partial charge in [-0.2, -0.15) is 0 Å². The first-order chi connectivity index (χ1) is 7.11. The van der Waals surface area contributed by atoms with Crippen LogP contribution in [-0.2, 0) is 4.74 Å². The highest BCUT2D eigenvalue weighted by Gasteiger charge is 2.27. The highest BCUT2D eigenvalue weighted by Crippen LogP contribution is 2.21. The van der Waals surface area contributed by atoms with Gasteiger partial charge in [0.2, 0.25) is 0 Å². The van der Waals surface area contributed by atoms with E-state index in [0.717, 1.165) is 38.8 Å². The van der Waals surface area contributed by atoms with Gasteiger partial charge in [0.15, 0.2) is 0 Å². The number of ether oxygens (including phenoxy) is 1. The van der Waals surface area contributed by atoms with Gasteiger partial charge < -0.3 is 9.64 Å². The van der Waals surface area contributed by atoms with E-state index in [9.17, 15) is 4.79 Å². The maximum Gasteiger partial charge on any atom is 0.410 e. The van der Waals surface area contributed by atoms with Crippen molar-refractivity contribution in [2.24, 2.45) is 0 Å². The molecule has 0 radical (unpaired) electrons. The Bertz CT molecular complexity index is 206. The quantitative estimate of drug-likeness (QED) is 0.720. The minimum Gasteiger partial charge on any atom is -0.443 e. The van der Waals surface area contributed by atoms with Gasteiger partial charge in [0.1, 0.15) is 5.60 Å². The van der Waals surface area contributed by atoms with Crippen molar-refractivity contribution in [3.05, 3.63) is 0 Å². The molecule has 88 valence electrons. The normalized spacial score (nSPS) is 17.7. The molecule has 3 nitrogen and oxygen atoms in total. The number of amides is 1. The Balaban J connectivity index is 2.46. The van der Waals surface area contributed by atoms with E-state index in [1.807, 2.05) is 11.8 Å². The van der Waals surface area contributed by atoms with Gasteiger partial charge in [-0.1, -0.05) is 13.8 Å². The molecule has 1 heterocycles. The molecule has 0 atom stereocenters. The third-order valence-electron chi connectivity index (χ3n) is 3.44. The molecular formula is C12H23NO2. The van der Waals surface area contributed by atoms with Crippen molar-refractivity contribution < 1.29 is 9.53 Å². The first-order valence-corrected chi connectivity index (χ1v) is 6.09. The molecule has 0 spiro atoms. The van der Waals surface area contributed by atoms with Gasteiger partial charge in [0, 0.05) is 13.1 Å². The van der Waals surface area contributed by atoms with E-state index < -0.39 is 0 Å². The van der Waals surface area contributed by atoms with Crippen LogP contribution in [0.3, 0.4) is 0 Å². The summed E-state index contributed by atoms with van der Waals surface area (Å²) in [5.74, 6) is 0. The summed E-state index contributed by atoms with van der Waals surface area (Å²) in [4.78, 5) is 13.7. The van der Waals surface area contributed by atoms with Crippen LogP contribution >= 0.6 is 0 Å². The van der Waals surface area contributed by atoms with Gasteiger partial charge in [-0.3, -0.25) is 0 Å². The summed E-state index contributed by atoms with van der Waals surface area (Å²) < 4.78 is 5.56. The van der Waals surface area contributed by atoms with E-state index in [1.54, 1.807) is 0 Å². The Morgan fingerprint density at radius 2 is 1.73 bits per heavy atom. The lowest BCUT2D eigenvalue weighted by Gasteiger charge is -2.32. The van der Waals surface area contributed by atoms with E-state index >= 15 is 0 Å². The zero-order chi connectivity index (χ0) is 11.3. The van der Waals surface area contributed by atoms with Crippen molar-refractivity contribution in [2.75, 3.05) is 13.1 Å². The fourth-order valence-electron chi connectivity index (χ4n) is 1.75. The van der Waals surface area contributed by atoms with Gasteiger partial charge >= 0.3 is 6.09 Å². The predicted octanol–water partition coefficient (Wildman–Crippen LogP) is 3.19. The average Bonchev–Trinajstić information content (AvgIpc) is 2.30. The molecule has 0 bridgehead atoms. The molecule has 1 amide bonds. The summed E-state index contributed by atoms with van der Waals surface area (Å²) >= 11 is 0. The lowest BCUT2D eigenvalue weighted by atomic mass is 10.0. The zero-order valence-electron chi connectivity index (χ0n) is 10.2. The SMILES string of the molecule is CCC(C)(CC)OC(=O)N1CCCCC1. The standard InChI is InChI=1S/C12H23NO2/c1-4-12(3,5-2)15-11(14)13-9-7-6-8-10-13/h4-10H2,1-3H3. The highest BCUT2D eigenvalue weighted by atomic mass is 16.6. The molecule has 1 rings (SSSR count). The smallest absolute Gasteiger partial charge is 0.410 e. The number of hydrogen-bond acceptors (Lipinski definition) is 2. The molecule has 15 heavy (non-hydrogen) atoms. The van der Waals surface area contributed by atoms with Crippen LogP contribution < -0.4 is 0 Å². The number of hydrogen-bond donors (Lipinski definition) is 0. The molecule has 0 saturated carbocycles. The Morgan fingerprint density at radius 3 is 2.20 bits per heavy atom. The van der Waals surface area contributed by atoms with Gasteiger partial charge in [0.25, 0.3) is 0 Å². The summed E-state index contributed by atoms with van der Waals surface area (Å²) in [5.41, 5.74) is -0.283. The lowest BCUT2D eigenvalue weighted by molar-refractivity contribution is -0.00553. The number of likely N-dealkylation sites (tertiary alicyclic amines) is 1. The van der Waals surface area contributed by atoms with Gasteiger partial charge in [-0.05, 0) is 39.0 Å². The Hall–Kier alpha value is -0.730. The largest absolute Gasteiger partial charge is 0.443 e. The van der Waals surface area contributed by atoms with E-state index in [4.69, 9.17) is 4.74 Å². The van der Waals surface area contributed by atoms with Gasteiger partial charge in [-0.25, -0.2) is 4.79 Å². The average molecular weight is 213 g/mol. The number of nitrogens with zero attached hydrogens (tertiary/aromatic N) is 1. The second kappa shape index (κ2) is 5.38. The van der Waals surface area contributed by atoms with Crippen LogP contribution in [0.25, 0.3) is 0 Å².